The monoisotopic (exact) mass is 286 g/mol. The van der Waals surface area contributed by atoms with Gasteiger partial charge in [-0.15, -0.1) is 0 Å². The van der Waals surface area contributed by atoms with Crippen molar-refractivity contribution in [2.45, 2.75) is 13.8 Å². The van der Waals surface area contributed by atoms with Gasteiger partial charge in [0, 0.05) is 5.69 Å². The fourth-order valence-electron chi connectivity index (χ4n) is 1.88. The maximum absolute atomic E-state index is 13.9. The first-order valence-corrected chi connectivity index (χ1v) is 6.20. The molecular formula is C16H12F2N2O. The molecule has 106 valence electrons. The summed E-state index contributed by atoms with van der Waals surface area (Å²) in [6, 6.07) is 8.96. The molecule has 21 heavy (non-hydrogen) atoms. The number of hydrogen-bond acceptors (Lipinski definition) is 2. The fourth-order valence-corrected chi connectivity index (χ4v) is 1.88. The molecule has 0 aliphatic heterocycles. The molecule has 1 N–H and O–H groups in total. The molecule has 0 aromatic heterocycles. The van der Waals surface area contributed by atoms with Gasteiger partial charge in [0.15, 0.2) is 0 Å². The number of anilines is 1. The topological polar surface area (TPSA) is 52.9 Å². The summed E-state index contributed by atoms with van der Waals surface area (Å²) in [5, 5.41) is 11.3. The zero-order valence-electron chi connectivity index (χ0n) is 11.5. The summed E-state index contributed by atoms with van der Waals surface area (Å²) in [4.78, 5) is 12.1. The predicted molar refractivity (Wildman–Crippen MR) is 74.9 cm³/mol. The van der Waals surface area contributed by atoms with Crippen LogP contribution in [-0.4, -0.2) is 5.91 Å². The molecule has 5 heteroatoms. The Balaban J connectivity index is 2.40. The van der Waals surface area contributed by atoms with Crippen molar-refractivity contribution >= 4 is 11.6 Å². The van der Waals surface area contributed by atoms with Crippen LogP contribution in [0.25, 0.3) is 0 Å². The second-order valence-electron chi connectivity index (χ2n) is 4.65. The van der Waals surface area contributed by atoms with Gasteiger partial charge in [0.1, 0.15) is 17.2 Å². The number of halogens is 2. The van der Waals surface area contributed by atoms with Crippen LogP contribution < -0.4 is 5.32 Å². The molecule has 1 amide bonds. The molecule has 0 atom stereocenters. The van der Waals surface area contributed by atoms with E-state index in [2.05, 4.69) is 5.32 Å². The van der Waals surface area contributed by atoms with Gasteiger partial charge in [0.05, 0.1) is 11.6 Å². The highest BCUT2D eigenvalue weighted by molar-refractivity contribution is 6.05. The molecule has 0 radical (unpaired) electrons. The second kappa shape index (κ2) is 5.71. The van der Waals surface area contributed by atoms with Crippen LogP contribution in [0, 0.1) is 36.8 Å². The van der Waals surface area contributed by atoms with Crippen molar-refractivity contribution < 1.29 is 13.6 Å². The van der Waals surface area contributed by atoms with E-state index in [0.717, 1.165) is 6.07 Å². The third-order valence-electron chi connectivity index (χ3n) is 3.13. The second-order valence-corrected chi connectivity index (χ2v) is 4.65. The average molecular weight is 286 g/mol. The van der Waals surface area contributed by atoms with Gasteiger partial charge >= 0.3 is 0 Å². The number of aryl methyl sites for hydroxylation is 2. The van der Waals surface area contributed by atoms with Crippen molar-refractivity contribution in [3.05, 3.63) is 64.2 Å². The Hall–Kier alpha value is -2.74. The van der Waals surface area contributed by atoms with Crippen LogP contribution in [0.1, 0.15) is 27.0 Å². The smallest absolute Gasteiger partial charge is 0.261 e. The number of nitrogens with zero attached hydrogens (tertiary/aromatic N) is 1. The van der Waals surface area contributed by atoms with E-state index in [1.807, 2.05) is 6.07 Å². The average Bonchev–Trinajstić information content (AvgIpc) is 2.46. The van der Waals surface area contributed by atoms with Gasteiger partial charge in [0.25, 0.3) is 5.91 Å². The number of nitriles is 1. The zero-order chi connectivity index (χ0) is 15.6. The van der Waals surface area contributed by atoms with Crippen molar-refractivity contribution in [2.24, 2.45) is 0 Å². The Morgan fingerprint density at radius 2 is 1.81 bits per heavy atom. The van der Waals surface area contributed by atoms with E-state index >= 15 is 0 Å². The molecule has 0 saturated heterocycles. The van der Waals surface area contributed by atoms with E-state index in [4.69, 9.17) is 5.26 Å². The van der Waals surface area contributed by atoms with E-state index in [0.29, 0.717) is 16.8 Å². The molecule has 2 aromatic rings. The molecule has 0 saturated carbocycles. The lowest BCUT2D eigenvalue weighted by Gasteiger charge is -2.11. The molecule has 0 aliphatic carbocycles. The summed E-state index contributed by atoms with van der Waals surface area (Å²) < 4.78 is 27.6. The summed E-state index contributed by atoms with van der Waals surface area (Å²) in [6.45, 7) is 3.17. The zero-order valence-corrected chi connectivity index (χ0v) is 11.5. The van der Waals surface area contributed by atoms with E-state index in [9.17, 15) is 13.6 Å². The first-order valence-electron chi connectivity index (χ1n) is 6.20. The molecule has 0 bridgehead atoms. The molecule has 0 aliphatic rings. The molecule has 3 nitrogen and oxygen atoms in total. The highest BCUT2D eigenvalue weighted by atomic mass is 19.1. The summed E-state index contributed by atoms with van der Waals surface area (Å²) >= 11 is 0. The van der Waals surface area contributed by atoms with Crippen LogP contribution in [0.3, 0.4) is 0 Å². The highest BCUT2D eigenvalue weighted by Gasteiger charge is 2.19. The number of benzene rings is 2. The van der Waals surface area contributed by atoms with Gasteiger partial charge in [-0.05, 0) is 43.2 Å². The quantitative estimate of drug-likeness (QED) is 0.915. The number of nitrogens with one attached hydrogen (secondary N) is 1. The largest absolute Gasteiger partial charge is 0.322 e. The Bertz CT molecular complexity index is 764. The summed E-state index contributed by atoms with van der Waals surface area (Å²) in [7, 11) is 0. The lowest BCUT2D eigenvalue weighted by Crippen LogP contribution is -2.17. The third kappa shape index (κ3) is 2.90. The lowest BCUT2D eigenvalue weighted by atomic mass is 10.1. The number of carbonyl (C=O) groups excluding carboxylic acids is 1. The van der Waals surface area contributed by atoms with E-state index < -0.39 is 23.1 Å². The Labute approximate surface area is 120 Å². The Morgan fingerprint density at radius 1 is 1.14 bits per heavy atom. The predicted octanol–water partition coefficient (Wildman–Crippen LogP) is 3.71. The van der Waals surface area contributed by atoms with Crippen molar-refractivity contribution in [3.8, 4) is 6.07 Å². The minimum Gasteiger partial charge on any atom is -0.322 e. The standard InChI is InChI=1S/C16H12F2N2O/c1-9-3-5-11(8-19)7-13(9)20-16(21)14-12(17)6-4-10(2)15(14)18/h3-7H,1-2H3,(H,20,21). The molecule has 0 heterocycles. The maximum Gasteiger partial charge on any atom is 0.261 e. The van der Waals surface area contributed by atoms with Crippen LogP contribution >= 0.6 is 0 Å². The van der Waals surface area contributed by atoms with E-state index in [1.54, 1.807) is 19.1 Å². The van der Waals surface area contributed by atoms with Gasteiger partial charge < -0.3 is 5.32 Å². The van der Waals surface area contributed by atoms with Crippen LogP contribution in [0.4, 0.5) is 14.5 Å². The molecule has 0 unspecified atom stereocenters. The molecular weight excluding hydrogens is 274 g/mol. The minimum absolute atomic E-state index is 0.184. The number of carbonyl (C=O) groups is 1. The number of rotatable bonds is 2. The van der Waals surface area contributed by atoms with Gasteiger partial charge in [-0.25, -0.2) is 8.78 Å². The normalized spacial score (nSPS) is 10.0. The summed E-state index contributed by atoms with van der Waals surface area (Å²) in [5.74, 6) is -2.70. The molecule has 2 aromatic carbocycles. The van der Waals surface area contributed by atoms with Crippen LogP contribution in [0.2, 0.25) is 0 Å². The van der Waals surface area contributed by atoms with Crippen LogP contribution in [0.15, 0.2) is 30.3 Å². The van der Waals surface area contributed by atoms with E-state index in [-0.39, 0.29) is 5.56 Å². The highest BCUT2D eigenvalue weighted by Crippen LogP contribution is 2.21. The van der Waals surface area contributed by atoms with Crippen molar-refractivity contribution in [2.75, 3.05) is 5.32 Å². The number of hydrogen-bond donors (Lipinski definition) is 1. The van der Waals surface area contributed by atoms with Crippen LogP contribution in [0.5, 0.6) is 0 Å². The minimum atomic E-state index is -0.926. The van der Waals surface area contributed by atoms with Gasteiger partial charge in [0.2, 0.25) is 0 Å². The van der Waals surface area contributed by atoms with Gasteiger partial charge in [-0.1, -0.05) is 12.1 Å². The Kier molecular flexibility index (Phi) is 3.99. The van der Waals surface area contributed by atoms with Gasteiger partial charge in [-0.3, -0.25) is 4.79 Å². The Morgan fingerprint density at radius 3 is 2.48 bits per heavy atom. The first-order chi connectivity index (χ1) is 9.93. The van der Waals surface area contributed by atoms with Crippen molar-refractivity contribution in [1.29, 1.82) is 5.26 Å². The number of amides is 1. The lowest BCUT2D eigenvalue weighted by molar-refractivity contribution is 0.101. The third-order valence-corrected chi connectivity index (χ3v) is 3.13. The fraction of sp³-hybridized carbons (Fsp3) is 0.125. The summed E-state index contributed by atoms with van der Waals surface area (Å²) in [5.41, 5.74) is 0.942. The molecule has 2 rings (SSSR count). The summed E-state index contributed by atoms with van der Waals surface area (Å²) in [6.07, 6.45) is 0. The van der Waals surface area contributed by atoms with Crippen molar-refractivity contribution in [1.82, 2.24) is 0 Å². The SMILES string of the molecule is Cc1ccc(C#N)cc1NC(=O)c1c(F)ccc(C)c1F. The first kappa shape index (κ1) is 14.7. The molecule has 0 fully saturated rings. The molecule has 0 spiro atoms. The van der Waals surface area contributed by atoms with Crippen molar-refractivity contribution in [3.63, 3.8) is 0 Å². The van der Waals surface area contributed by atoms with Crippen LogP contribution in [-0.2, 0) is 0 Å². The van der Waals surface area contributed by atoms with Gasteiger partial charge in [-0.2, -0.15) is 5.26 Å². The van der Waals surface area contributed by atoms with E-state index in [1.165, 1.54) is 19.1 Å². The maximum atomic E-state index is 13.9.